The van der Waals surface area contributed by atoms with E-state index in [4.69, 9.17) is 23.2 Å². The summed E-state index contributed by atoms with van der Waals surface area (Å²) in [5.41, 5.74) is 0.555. The first kappa shape index (κ1) is 16.6. The van der Waals surface area contributed by atoms with Gasteiger partial charge >= 0.3 is 0 Å². The van der Waals surface area contributed by atoms with E-state index in [9.17, 15) is 4.79 Å². The number of anilines is 1. The molecule has 0 heterocycles. The highest BCUT2D eigenvalue weighted by atomic mass is 35.5. The summed E-state index contributed by atoms with van der Waals surface area (Å²) in [5, 5.41) is 7.32. The highest BCUT2D eigenvalue weighted by molar-refractivity contribution is 6.35. The number of benzene rings is 1. The van der Waals surface area contributed by atoms with Crippen molar-refractivity contribution in [2.75, 3.05) is 5.32 Å². The van der Waals surface area contributed by atoms with Crippen LogP contribution in [0.15, 0.2) is 18.2 Å². The van der Waals surface area contributed by atoms with Crippen LogP contribution < -0.4 is 10.6 Å². The molecule has 0 bridgehead atoms. The molecule has 2 rings (SSSR count). The summed E-state index contributed by atoms with van der Waals surface area (Å²) in [6.07, 6.45) is 4.89. The van der Waals surface area contributed by atoms with Crippen molar-refractivity contribution in [3.05, 3.63) is 28.2 Å². The SMILES string of the molecule is C[C@H](N[C@H]1CCCC[C@H]1C)C(=O)Nc1cc(Cl)ccc1Cl. The Kier molecular flexibility index (Phi) is 5.91. The van der Waals surface area contributed by atoms with Crippen molar-refractivity contribution < 1.29 is 4.79 Å². The maximum atomic E-state index is 12.3. The predicted octanol–water partition coefficient (Wildman–Crippen LogP) is 4.49. The fourth-order valence-corrected chi connectivity index (χ4v) is 3.13. The van der Waals surface area contributed by atoms with Crippen molar-refractivity contribution >= 4 is 34.8 Å². The highest BCUT2D eigenvalue weighted by Gasteiger charge is 2.25. The van der Waals surface area contributed by atoms with Crippen LogP contribution in [0.25, 0.3) is 0 Å². The monoisotopic (exact) mass is 328 g/mol. The van der Waals surface area contributed by atoms with Gasteiger partial charge in [-0.15, -0.1) is 0 Å². The summed E-state index contributed by atoms with van der Waals surface area (Å²) < 4.78 is 0. The Balaban J connectivity index is 1.94. The Bertz CT molecular complexity index is 507. The first-order valence-corrected chi connectivity index (χ1v) is 8.25. The quantitative estimate of drug-likeness (QED) is 0.854. The molecule has 0 aromatic heterocycles. The van der Waals surface area contributed by atoms with E-state index >= 15 is 0 Å². The van der Waals surface area contributed by atoms with Crippen LogP contribution in [0.2, 0.25) is 10.0 Å². The maximum Gasteiger partial charge on any atom is 0.241 e. The molecule has 21 heavy (non-hydrogen) atoms. The van der Waals surface area contributed by atoms with Crippen LogP contribution >= 0.6 is 23.2 Å². The zero-order valence-electron chi connectivity index (χ0n) is 12.5. The van der Waals surface area contributed by atoms with Crippen LogP contribution in [0.5, 0.6) is 0 Å². The number of hydrogen-bond donors (Lipinski definition) is 2. The zero-order chi connectivity index (χ0) is 15.4. The summed E-state index contributed by atoms with van der Waals surface area (Å²) in [5.74, 6) is 0.528. The summed E-state index contributed by atoms with van der Waals surface area (Å²) >= 11 is 12.0. The van der Waals surface area contributed by atoms with Crippen LogP contribution in [0, 0.1) is 5.92 Å². The second-order valence-electron chi connectivity index (χ2n) is 5.87. The van der Waals surface area contributed by atoms with Crippen molar-refractivity contribution in [2.45, 2.75) is 51.6 Å². The van der Waals surface area contributed by atoms with Crippen molar-refractivity contribution in [3.63, 3.8) is 0 Å². The molecule has 1 aromatic rings. The van der Waals surface area contributed by atoms with Gasteiger partial charge in [-0.3, -0.25) is 4.79 Å². The van der Waals surface area contributed by atoms with Gasteiger partial charge in [-0.2, -0.15) is 0 Å². The first-order chi connectivity index (χ1) is 9.97. The molecule has 0 unspecified atom stereocenters. The highest BCUT2D eigenvalue weighted by Crippen LogP contribution is 2.26. The van der Waals surface area contributed by atoms with Crippen LogP contribution in [0.4, 0.5) is 5.69 Å². The van der Waals surface area contributed by atoms with Gasteiger partial charge in [-0.25, -0.2) is 0 Å². The molecule has 5 heteroatoms. The zero-order valence-corrected chi connectivity index (χ0v) is 14.0. The van der Waals surface area contributed by atoms with E-state index in [0.29, 0.717) is 27.7 Å². The molecule has 0 saturated heterocycles. The topological polar surface area (TPSA) is 41.1 Å². The number of hydrogen-bond acceptors (Lipinski definition) is 2. The number of halogens is 2. The molecule has 1 aliphatic rings. The van der Waals surface area contributed by atoms with E-state index in [1.165, 1.54) is 19.3 Å². The predicted molar refractivity (Wildman–Crippen MR) is 89.1 cm³/mol. The van der Waals surface area contributed by atoms with Crippen LogP contribution in [0.1, 0.15) is 39.5 Å². The molecule has 116 valence electrons. The van der Waals surface area contributed by atoms with Gasteiger partial charge in [0, 0.05) is 11.1 Å². The molecule has 1 saturated carbocycles. The number of nitrogens with one attached hydrogen (secondary N) is 2. The van der Waals surface area contributed by atoms with Crippen molar-refractivity contribution in [2.24, 2.45) is 5.92 Å². The fourth-order valence-electron chi connectivity index (χ4n) is 2.79. The van der Waals surface area contributed by atoms with Crippen LogP contribution in [-0.4, -0.2) is 18.0 Å². The summed E-state index contributed by atoms with van der Waals surface area (Å²) in [6.45, 7) is 4.13. The lowest BCUT2D eigenvalue weighted by Crippen LogP contribution is -2.47. The van der Waals surface area contributed by atoms with Gasteiger partial charge in [0.1, 0.15) is 0 Å². The molecule has 3 atom stereocenters. The van der Waals surface area contributed by atoms with Gasteiger partial charge in [0.25, 0.3) is 0 Å². The Morgan fingerprint density at radius 1 is 1.29 bits per heavy atom. The Morgan fingerprint density at radius 3 is 2.71 bits per heavy atom. The number of carbonyl (C=O) groups excluding carboxylic acids is 1. The van der Waals surface area contributed by atoms with Gasteiger partial charge < -0.3 is 10.6 Å². The number of rotatable bonds is 4. The Hall–Kier alpha value is -0.770. The molecular formula is C16H22Cl2N2O. The fraction of sp³-hybridized carbons (Fsp3) is 0.562. The molecule has 0 radical (unpaired) electrons. The molecule has 2 N–H and O–H groups in total. The standard InChI is InChI=1S/C16H22Cl2N2O/c1-10-5-3-4-6-14(10)19-11(2)16(21)20-15-9-12(17)7-8-13(15)18/h7-11,14,19H,3-6H2,1-2H3,(H,20,21)/t10-,11+,14+/m1/s1. The minimum absolute atomic E-state index is 0.0862. The van der Waals surface area contributed by atoms with Gasteiger partial charge in [0.05, 0.1) is 16.8 Å². The molecular weight excluding hydrogens is 307 g/mol. The van der Waals surface area contributed by atoms with Gasteiger partial charge in [-0.05, 0) is 43.9 Å². The van der Waals surface area contributed by atoms with E-state index in [-0.39, 0.29) is 11.9 Å². The number of amides is 1. The molecule has 1 fully saturated rings. The van der Waals surface area contributed by atoms with Gasteiger partial charge in [-0.1, -0.05) is 43.0 Å². The van der Waals surface area contributed by atoms with Crippen molar-refractivity contribution in [1.82, 2.24) is 5.32 Å². The molecule has 1 aliphatic carbocycles. The third-order valence-corrected chi connectivity index (χ3v) is 4.72. The van der Waals surface area contributed by atoms with Gasteiger partial charge in [0.2, 0.25) is 5.91 Å². The third kappa shape index (κ3) is 4.60. The van der Waals surface area contributed by atoms with E-state index in [0.717, 1.165) is 6.42 Å². The largest absolute Gasteiger partial charge is 0.323 e. The minimum atomic E-state index is -0.259. The van der Waals surface area contributed by atoms with Crippen molar-refractivity contribution in [3.8, 4) is 0 Å². The average molecular weight is 329 g/mol. The summed E-state index contributed by atoms with van der Waals surface area (Å²) in [6, 6.07) is 5.20. The minimum Gasteiger partial charge on any atom is -0.323 e. The third-order valence-electron chi connectivity index (χ3n) is 4.16. The van der Waals surface area contributed by atoms with Crippen LogP contribution in [0.3, 0.4) is 0 Å². The molecule has 1 amide bonds. The van der Waals surface area contributed by atoms with E-state index in [1.54, 1.807) is 18.2 Å². The maximum absolute atomic E-state index is 12.3. The lowest BCUT2D eigenvalue weighted by atomic mass is 9.85. The lowest BCUT2D eigenvalue weighted by Gasteiger charge is -2.31. The smallest absolute Gasteiger partial charge is 0.241 e. The lowest BCUT2D eigenvalue weighted by molar-refractivity contribution is -0.118. The second-order valence-corrected chi connectivity index (χ2v) is 6.71. The Morgan fingerprint density at radius 2 is 2.00 bits per heavy atom. The van der Waals surface area contributed by atoms with E-state index in [1.807, 2.05) is 6.92 Å². The van der Waals surface area contributed by atoms with E-state index in [2.05, 4.69) is 17.6 Å². The summed E-state index contributed by atoms with van der Waals surface area (Å²) in [7, 11) is 0. The summed E-state index contributed by atoms with van der Waals surface area (Å²) in [4.78, 5) is 12.3. The van der Waals surface area contributed by atoms with E-state index < -0.39 is 0 Å². The number of carbonyl (C=O) groups is 1. The van der Waals surface area contributed by atoms with Crippen molar-refractivity contribution in [1.29, 1.82) is 0 Å². The molecule has 3 nitrogen and oxygen atoms in total. The molecule has 0 aliphatic heterocycles. The second kappa shape index (κ2) is 7.48. The average Bonchev–Trinajstić information content (AvgIpc) is 2.45. The van der Waals surface area contributed by atoms with Crippen LogP contribution in [-0.2, 0) is 4.79 Å². The van der Waals surface area contributed by atoms with Gasteiger partial charge in [0.15, 0.2) is 0 Å². The normalized spacial score (nSPS) is 23.6. The Labute approximate surface area is 136 Å². The first-order valence-electron chi connectivity index (χ1n) is 7.49. The molecule has 1 aromatic carbocycles. The molecule has 0 spiro atoms.